The minimum absolute atomic E-state index is 0.459. The number of esters is 1. The van der Waals surface area contributed by atoms with Crippen LogP contribution in [0.15, 0.2) is 24.3 Å². The molecule has 8 heteroatoms. The second kappa shape index (κ2) is 8.86. The summed E-state index contributed by atoms with van der Waals surface area (Å²) in [5, 5.41) is 5.28. The lowest BCUT2D eigenvalue weighted by molar-refractivity contribution is -0.155. The predicted molar refractivity (Wildman–Crippen MR) is 104 cm³/mol. The van der Waals surface area contributed by atoms with Gasteiger partial charge in [0.25, 0.3) is 11.8 Å². The lowest BCUT2D eigenvalue weighted by Crippen LogP contribution is -2.44. The summed E-state index contributed by atoms with van der Waals surface area (Å²) < 4.78 is 5.09. The Morgan fingerprint density at radius 3 is 2.50 bits per heavy atom. The highest BCUT2D eigenvalue weighted by atomic mass is 16.5. The number of amides is 4. The van der Waals surface area contributed by atoms with Crippen molar-refractivity contribution < 1.29 is 23.9 Å². The number of imide groups is 1. The Bertz CT molecular complexity index is 762. The Morgan fingerprint density at radius 2 is 1.89 bits per heavy atom. The average molecular weight is 389 g/mol. The van der Waals surface area contributed by atoms with Crippen molar-refractivity contribution >= 4 is 29.5 Å². The number of nitrogens with zero attached hydrogens (tertiary/aromatic N) is 1. The Labute approximate surface area is 164 Å². The van der Waals surface area contributed by atoms with Crippen molar-refractivity contribution in [3.63, 3.8) is 0 Å². The van der Waals surface area contributed by atoms with Gasteiger partial charge in [-0.05, 0) is 39.3 Å². The molecule has 0 aromatic heterocycles. The van der Waals surface area contributed by atoms with Crippen molar-refractivity contribution in [1.29, 1.82) is 0 Å². The minimum atomic E-state index is -1.07. The van der Waals surface area contributed by atoms with Crippen molar-refractivity contribution in [2.24, 2.45) is 0 Å². The third-order valence-corrected chi connectivity index (χ3v) is 4.66. The third kappa shape index (κ3) is 5.09. The number of anilines is 1. The van der Waals surface area contributed by atoms with Gasteiger partial charge in [-0.15, -0.1) is 0 Å². The van der Waals surface area contributed by atoms with Crippen LogP contribution in [0.1, 0.15) is 45.6 Å². The molecule has 8 nitrogen and oxygen atoms in total. The zero-order valence-electron chi connectivity index (χ0n) is 16.7. The van der Waals surface area contributed by atoms with Gasteiger partial charge in [0.1, 0.15) is 12.1 Å². The van der Waals surface area contributed by atoms with Gasteiger partial charge in [0.15, 0.2) is 6.10 Å². The van der Waals surface area contributed by atoms with Crippen LogP contribution in [0.3, 0.4) is 0 Å². The summed E-state index contributed by atoms with van der Waals surface area (Å²) in [7, 11) is 0. The second-order valence-corrected chi connectivity index (χ2v) is 7.24. The Morgan fingerprint density at radius 1 is 1.25 bits per heavy atom. The van der Waals surface area contributed by atoms with E-state index in [2.05, 4.69) is 10.6 Å². The van der Waals surface area contributed by atoms with E-state index < -0.39 is 42.0 Å². The van der Waals surface area contributed by atoms with Crippen molar-refractivity contribution in [3.8, 4) is 0 Å². The van der Waals surface area contributed by atoms with Gasteiger partial charge in [0.2, 0.25) is 0 Å². The fourth-order valence-corrected chi connectivity index (χ4v) is 2.89. The molecule has 0 radical (unpaired) electrons. The lowest BCUT2D eigenvalue weighted by atomic mass is 9.95. The number of carbonyl (C=O) groups excluding carboxylic acids is 4. The van der Waals surface area contributed by atoms with Crippen LogP contribution in [0.2, 0.25) is 0 Å². The molecular weight excluding hydrogens is 362 g/mol. The topological polar surface area (TPSA) is 105 Å². The van der Waals surface area contributed by atoms with Crippen LogP contribution < -0.4 is 10.6 Å². The normalized spacial score (nSPS) is 19.9. The van der Waals surface area contributed by atoms with E-state index in [0.29, 0.717) is 12.1 Å². The molecule has 1 saturated heterocycles. The first kappa shape index (κ1) is 21.4. The van der Waals surface area contributed by atoms with Crippen LogP contribution >= 0.6 is 0 Å². The average Bonchev–Trinajstić information content (AvgIpc) is 2.85. The van der Waals surface area contributed by atoms with Gasteiger partial charge in [0.05, 0.1) is 0 Å². The molecule has 152 valence electrons. The molecule has 2 atom stereocenters. The molecule has 1 aliphatic heterocycles. The fourth-order valence-electron chi connectivity index (χ4n) is 2.89. The number of hydrogen-bond donors (Lipinski definition) is 2. The van der Waals surface area contributed by atoms with E-state index in [0.717, 1.165) is 23.3 Å². The number of benzene rings is 1. The number of nitrogens with one attached hydrogen (secondary N) is 2. The summed E-state index contributed by atoms with van der Waals surface area (Å²) in [6.45, 7) is 6.46. The van der Waals surface area contributed by atoms with Crippen LogP contribution in [-0.2, 0) is 19.1 Å². The largest absolute Gasteiger partial charge is 0.451 e. The van der Waals surface area contributed by atoms with Gasteiger partial charge in [-0.1, -0.05) is 37.5 Å². The van der Waals surface area contributed by atoms with Crippen LogP contribution in [0.25, 0.3) is 0 Å². The van der Waals surface area contributed by atoms with Gasteiger partial charge in [-0.3, -0.25) is 19.3 Å². The van der Waals surface area contributed by atoms with Gasteiger partial charge >= 0.3 is 12.0 Å². The van der Waals surface area contributed by atoms with Crippen molar-refractivity contribution in [2.45, 2.75) is 58.6 Å². The summed E-state index contributed by atoms with van der Waals surface area (Å²) in [6, 6.07) is 6.55. The van der Waals surface area contributed by atoms with E-state index in [4.69, 9.17) is 4.74 Å². The van der Waals surface area contributed by atoms with Crippen LogP contribution in [0.4, 0.5) is 10.5 Å². The molecule has 1 fully saturated rings. The van der Waals surface area contributed by atoms with E-state index in [1.165, 1.54) is 6.92 Å². The SMILES string of the molecule is CCCC[C@@]1(C)NC(=O)N(CC(=O)O[C@@H](C)C(=O)Nc2ccc(C)cc2)C1=O. The van der Waals surface area contributed by atoms with Gasteiger partial charge in [0, 0.05) is 5.69 Å². The standard InChI is InChI=1S/C20H27N3O5/c1-5-6-11-20(4)18(26)23(19(27)22-20)12-16(24)28-14(3)17(25)21-15-9-7-13(2)8-10-15/h7-10,14H,5-6,11-12H2,1-4H3,(H,21,25)(H,22,27)/t14-,20+/m0/s1. The predicted octanol–water partition coefficient (Wildman–Crippen LogP) is 2.37. The number of rotatable bonds is 8. The molecule has 0 unspecified atom stereocenters. The smallest absolute Gasteiger partial charge is 0.327 e. The zero-order chi connectivity index (χ0) is 20.9. The van der Waals surface area contributed by atoms with E-state index in [9.17, 15) is 19.2 Å². The summed E-state index contributed by atoms with van der Waals surface area (Å²) in [6.07, 6.45) is 1.08. The van der Waals surface area contributed by atoms with E-state index in [1.54, 1.807) is 19.1 Å². The van der Waals surface area contributed by atoms with E-state index in [-0.39, 0.29) is 0 Å². The maximum absolute atomic E-state index is 12.5. The minimum Gasteiger partial charge on any atom is -0.451 e. The van der Waals surface area contributed by atoms with Crippen LogP contribution in [0.5, 0.6) is 0 Å². The summed E-state index contributed by atoms with van der Waals surface area (Å²) in [4.78, 5) is 49.8. The highest BCUT2D eigenvalue weighted by Crippen LogP contribution is 2.23. The molecule has 4 amide bonds. The molecule has 0 aliphatic carbocycles. The quantitative estimate of drug-likeness (QED) is 0.525. The monoisotopic (exact) mass is 389 g/mol. The fraction of sp³-hybridized carbons (Fsp3) is 0.500. The Balaban J connectivity index is 1.90. The van der Waals surface area contributed by atoms with Crippen LogP contribution in [0, 0.1) is 6.92 Å². The number of ether oxygens (including phenoxy) is 1. The second-order valence-electron chi connectivity index (χ2n) is 7.24. The van der Waals surface area contributed by atoms with Gasteiger partial charge in [-0.2, -0.15) is 0 Å². The van der Waals surface area contributed by atoms with Gasteiger partial charge < -0.3 is 15.4 Å². The number of aryl methyl sites for hydroxylation is 1. The first-order valence-corrected chi connectivity index (χ1v) is 9.37. The van der Waals surface area contributed by atoms with E-state index >= 15 is 0 Å². The number of hydrogen-bond acceptors (Lipinski definition) is 5. The molecule has 0 bridgehead atoms. The lowest BCUT2D eigenvalue weighted by Gasteiger charge is -2.21. The highest BCUT2D eigenvalue weighted by molar-refractivity contribution is 6.08. The Kier molecular flexibility index (Phi) is 6.77. The number of carbonyl (C=O) groups is 4. The first-order valence-electron chi connectivity index (χ1n) is 9.37. The molecule has 1 aromatic rings. The molecule has 1 aliphatic rings. The molecule has 2 rings (SSSR count). The Hall–Kier alpha value is -2.90. The first-order chi connectivity index (χ1) is 13.2. The summed E-state index contributed by atoms with van der Waals surface area (Å²) >= 11 is 0. The summed E-state index contributed by atoms with van der Waals surface area (Å²) in [5.41, 5.74) is 0.623. The molecular formula is C20H27N3O5. The van der Waals surface area contributed by atoms with Gasteiger partial charge in [-0.25, -0.2) is 4.79 Å². The molecule has 2 N–H and O–H groups in total. The van der Waals surface area contributed by atoms with Crippen LogP contribution in [-0.4, -0.2) is 46.9 Å². The maximum Gasteiger partial charge on any atom is 0.327 e. The highest BCUT2D eigenvalue weighted by Gasteiger charge is 2.48. The molecule has 1 aromatic carbocycles. The summed E-state index contributed by atoms with van der Waals surface area (Å²) in [5.74, 6) is -1.78. The number of unbranched alkanes of at least 4 members (excludes halogenated alkanes) is 1. The molecule has 28 heavy (non-hydrogen) atoms. The maximum atomic E-state index is 12.5. The molecule has 0 spiro atoms. The zero-order valence-corrected chi connectivity index (χ0v) is 16.7. The van der Waals surface area contributed by atoms with E-state index in [1.807, 2.05) is 26.0 Å². The molecule has 0 saturated carbocycles. The van der Waals surface area contributed by atoms with Crippen molar-refractivity contribution in [2.75, 3.05) is 11.9 Å². The molecule has 1 heterocycles. The third-order valence-electron chi connectivity index (χ3n) is 4.66. The number of urea groups is 1. The van der Waals surface area contributed by atoms with Crippen molar-refractivity contribution in [3.05, 3.63) is 29.8 Å². The van der Waals surface area contributed by atoms with Crippen molar-refractivity contribution in [1.82, 2.24) is 10.2 Å².